The van der Waals surface area contributed by atoms with Crippen LogP contribution >= 0.6 is 15.9 Å². The summed E-state index contributed by atoms with van der Waals surface area (Å²) in [6.45, 7) is 5.10. The number of ether oxygens (including phenoxy) is 2. The largest absolute Gasteiger partial charge is 0.384 e. The molecule has 4 heteroatoms. The first-order valence-corrected chi connectivity index (χ1v) is 6.60. The standard InChI is InChI=1S/C13H20BrNO2/c1-11-5-3-6-12(13(11)14)15-7-4-8-17-10-9-16-2/h3,5-6,15H,4,7-10H2,1-2H3. The van der Waals surface area contributed by atoms with Crippen LogP contribution in [0.4, 0.5) is 5.69 Å². The minimum Gasteiger partial charge on any atom is -0.384 e. The minimum atomic E-state index is 0.664. The molecule has 0 fully saturated rings. The topological polar surface area (TPSA) is 30.5 Å². The van der Waals surface area contributed by atoms with E-state index >= 15 is 0 Å². The van der Waals surface area contributed by atoms with E-state index < -0.39 is 0 Å². The third-order valence-corrected chi connectivity index (χ3v) is 3.46. The molecule has 0 unspecified atom stereocenters. The number of hydrogen-bond donors (Lipinski definition) is 1. The predicted molar refractivity (Wildman–Crippen MR) is 74.7 cm³/mol. The zero-order chi connectivity index (χ0) is 12.5. The van der Waals surface area contributed by atoms with Gasteiger partial charge in [0.25, 0.3) is 0 Å². The van der Waals surface area contributed by atoms with Gasteiger partial charge in [0, 0.05) is 30.4 Å². The number of anilines is 1. The number of hydrogen-bond acceptors (Lipinski definition) is 3. The summed E-state index contributed by atoms with van der Waals surface area (Å²) >= 11 is 3.57. The molecule has 3 nitrogen and oxygen atoms in total. The molecule has 1 N–H and O–H groups in total. The van der Waals surface area contributed by atoms with Crippen molar-refractivity contribution in [1.29, 1.82) is 0 Å². The van der Waals surface area contributed by atoms with Crippen molar-refractivity contribution in [2.75, 3.05) is 38.8 Å². The van der Waals surface area contributed by atoms with Gasteiger partial charge in [0.05, 0.1) is 13.2 Å². The maximum atomic E-state index is 5.39. The van der Waals surface area contributed by atoms with Gasteiger partial charge in [-0.15, -0.1) is 0 Å². The van der Waals surface area contributed by atoms with Crippen molar-refractivity contribution in [3.63, 3.8) is 0 Å². The average molecular weight is 302 g/mol. The van der Waals surface area contributed by atoms with Gasteiger partial charge in [-0.05, 0) is 40.9 Å². The summed E-state index contributed by atoms with van der Waals surface area (Å²) in [6.07, 6.45) is 0.990. The Labute approximate surface area is 112 Å². The fourth-order valence-electron chi connectivity index (χ4n) is 1.43. The maximum Gasteiger partial charge on any atom is 0.0700 e. The van der Waals surface area contributed by atoms with Crippen molar-refractivity contribution in [3.05, 3.63) is 28.2 Å². The molecule has 1 aromatic rings. The lowest BCUT2D eigenvalue weighted by atomic mass is 10.2. The fourth-order valence-corrected chi connectivity index (χ4v) is 1.83. The molecule has 1 aromatic carbocycles. The summed E-state index contributed by atoms with van der Waals surface area (Å²) in [5, 5.41) is 3.39. The van der Waals surface area contributed by atoms with Gasteiger partial charge in [-0.1, -0.05) is 12.1 Å². The number of benzene rings is 1. The average Bonchev–Trinajstić information content (AvgIpc) is 2.33. The van der Waals surface area contributed by atoms with Crippen molar-refractivity contribution in [3.8, 4) is 0 Å². The number of rotatable bonds is 8. The van der Waals surface area contributed by atoms with E-state index in [1.54, 1.807) is 7.11 Å². The minimum absolute atomic E-state index is 0.664. The maximum absolute atomic E-state index is 5.39. The highest BCUT2D eigenvalue weighted by atomic mass is 79.9. The second kappa shape index (κ2) is 8.50. The van der Waals surface area contributed by atoms with Gasteiger partial charge in [-0.2, -0.15) is 0 Å². The normalized spacial score (nSPS) is 10.5. The second-order valence-corrected chi connectivity index (χ2v) is 4.61. The lowest BCUT2D eigenvalue weighted by molar-refractivity contribution is 0.0705. The number of nitrogens with one attached hydrogen (secondary N) is 1. The first-order chi connectivity index (χ1) is 8.25. The van der Waals surface area contributed by atoms with Crippen LogP contribution in [0.1, 0.15) is 12.0 Å². The molecular weight excluding hydrogens is 282 g/mol. The van der Waals surface area contributed by atoms with Crippen LogP contribution in [0, 0.1) is 6.92 Å². The van der Waals surface area contributed by atoms with Crippen molar-refractivity contribution in [2.45, 2.75) is 13.3 Å². The van der Waals surface area contributed by atoms with Crippen LogP contribution in [-0.4, -0.2) is 33.5 Å². The predicted octanol–water partition coefficient (Wildman–Crippen LogP) is 3.22. The number of methoxy groups -OCH3 is 1. The Morgan fingerprint density at radius 2 is 2.06 bits per heavy atom. The molecule has 0 spiro atoms. The van der Waals surface area contributed by atoms with Crippen LogP contribution in [0.3, 0.4) is 0 Å². The van der Waals surface area contributed by atoms with E-state index in [4.69, 9.17) is 9.47 Å². The Balaban J connectivity index is 2.16. The molecule has 96 valence electrons. The van der Waals surface area contributed by atoms with Crippen molar-refractivity contribution < 1.29 is 9.47 Å². The first-order valence-electron chi connectivity index (χ1n) is 5.81. The van der Waals surface area contributed by atoms with Crippen LogP contribution in [0.5, 0.6) is 0 Å². The molecule has 0 saturated heterocycles. The quantitative estimate of drug-likeness (QED) is 0.748. The molecule has 1 rings (SSSR count). The van der Waals surface area contributed by atoms with E-state index in [0.29, 0.717) is 13.2 Å². The van der Waals surface area contributed by atoms with E-state index in [1.165, 1.54) is 5.56 Å². The van der Waals surface area contributed by atoms with E-state index in [-0.39, 0.29) is 0 Å². The van der Waals surface area contributed by atoms with Crippen molar-refractivity contribution >= 4 is 21.6 Å². The Morgan fingerprint density at radius 3 is 2.82 bits per heavy atom. The molecule has 0 saturated carbocycles. The Morgan fingerprint density at radius 1 is 1.24 bits per heavy atom. The molecule has 0 aliphatic rings. The highest BCUT2D eigenvalue weighted by Crippen LogP contribution is 2.25. The van der Waals surface area contributed by atoms with E-state index in [9.17, 15) is 0 Å². The number of halogens is 1. The Hall–Kier alpha value is -0.580. The summed E-state index contributed by atoms with van der Waals surface area (Å²) in [6, 6.07) is 6.21. The van der Waals surface area contributed by atoms with Gasteiger partial charge in [0.1, 0.15) is 0 Å². The molecule has 17 heavy (non-hydrogen) atoms. The third-order valence-electron chi connectivity index (χ3n) is 2.40. The van der Waals surface area contributed by atoms with Gasteiger partial charge >= 0.3 is 0 Å². The van der Waals surface area contributed by atoms with E-state index in [0.717, 1.165) is 29.7 Å². The zero-order valence-electron chi connectivity index (χ0n) is 10.5. The van der Waals surface area contributed by atoms with Gasteiger partial charge in [0.2, 0.25) is 0 Å². The van der Waals surface area contributed by atoms with Crippen LogP contribution in [0.15, 0.2) is 22.7 Å². The summed E-state index contributed by atoms with van der Waals surface area (Å²) in [4.78, 5) is 0. The molecule has 0 aliphatic heterocycles. The van der Waals surface area contributed by atoms with Crippen LogP contribution in [-0.2, 0) is 9.47 Å². The Bertz CT molecular complexity index is 331. The van der Waals surface area contributed by atoms with Gasteiger partial charge in [0.15, 0.2) is 0 Å². The summed E-state index contributed by atoms with van der Waals surface area (Å²) in [7, 11) is 1.68. The molecular formula is C13H20BrNO2. The third kappa shape index (κ3) is 5.52. The molecule has 0 radical (unpaired) electrons. The monoisotopic (exact) mass is 301 g/mol. The molecule has 0 amide bonds. The lowest BCUT2D eigenvalue weighted by Gasteiger charge is -2.10. The van der Waals surface area contributed by atoms with Gasteiger partial charge < -0.3 is 14.8 Å². The van der Waals surface area contributed by atoms with Gasteiger partial charge in [-0.3, -0.25) is 0 Å². The second-order valence-electron chi connectivity index (χ2n) is 3.82. The first kappa shape index (κ1) is 14.5. The highest BCUT2D eigenvalue weighted by molar-refractivity contribution is 9.10. The van der Waals surface area contributed by atoms with Crippen molar-refractivity contribution in [2.24, 2.45) is 0 Å². The summed E-state index contributed by atoms with van der Waals surface area (Å²) in [5.74, 6) is 0. The molecule has 0 aromatic heterocycles. The molecule has 0 atom stereocenters. The zero-order valence-corrected chi connectivity index (χ0v) is 12.0. The fraction of sp³-hybridized carbons (Fsp3) is 0.538. The summed E-state index contributed by atoms with van der Waals surface area (Å²) < 4.78 is 11.4. The van der Waals surface area contributed by atoms with Crippen molar-refractivity contribution in [1.82, 2.24) is 0 Å². The van der Waals surface area contributed by atoms with Crippen LogP contribution in [0.2, 0.25) is 0 Å². The SMILES string of the molecule is COCCOCCCNc1cccc(C)c1Br. The number of aryl methyl sites for hydroxylation is 1. The van der Waals surface area contributed by atoms with E-state index in [2.05, 4.69) is 46.4 Å². The highest BCUT2D eigenvalue weighted by Gasteiger charge is 2.00. The van der Waals surface area contributed by atoms with Crippen LogP contribution < -0.4 is 5.32 Å². The van der Waals surface area contributed by atoms with E-state index in [1.807, 2.05) is 0 Å². The van der Waals surface area contributed by atoms with Gasteiger partial charge in [-0.25, -0.2) is 0 Å². The molecule has 0 heterocycles. The summed E-state index contributed by atoms with van der Waals surface area (Å²) in [5.41, 5.74) is 2.38. The van der Waals surface area contributed by atoms with Crippen LogP contribution in [0.25, 0.3) is 0 Å². The molecule has 0 aliphatic carbocycles. The Kier molecular flexibility index (Phi) is 7.24. The smallest absolute Gasteiger partial charge is 0.0700 e. The molecule has 0 bridgehead atoms. The lowest BCUT2D eigenvalue weighted by Crippen LogP contribution is -2.08.